The molecule has 0 spiro atoms. The Hall–Kier alpha value is -4.13. The minimum absolute atomic E-state index is 0.0176. The van der Waals surface area contributed by atoms with Crippen molar-refractivity contribution in [3.63, 3.8) is 0 Å². The Balaban J connectivity index is 1.50. The van der Waals surface area contributed by atoms with Gasteiger partial charge in [0, 0.05) is 45.1 Å². The summed E-state index contributed by atoms with van der Waals surface area (Å²) >= 11 is 0. The van der Waals surface area contributed by atoms with Crippen molar-refractivity contribution in [3.05, 3.63) is 71.8 Å². The highest BCUT2D eigenvalue weighted by molar-refractivity contribution is 5.98. The van der Waals surface area contributed by atoms with Gasteiger partial charge < -0.3 is 30.9 Å². The second-order valence-electron chi connectivity index (χ2n) is 17.4. The number of benzene rings is 2. The van der Waals surface area contributed by atoms with Crippen molar-refractivity contribution in [2.75, 3.05) is 39.8 Å². The third-order valence-electron chi connectivity index (χ3n) is 11.4. The number of hydrogen-bond acceptors (Lipinski definition) is 8. The summed E-state index contributed by atoms with van der Waals surface area (Å²) in [4.78, 5) is 74.2. The van der Waals surface area contributed by atoms with E-state index in [4.69, 9.17) is 4.74 Å². The molecule has 7 atom stereocenters. The van der Waals surface area contributed by atoms with Crippen molar-refractivity contribution in [1.29, 1.82) is 0 Å². The van der Waals surface area contributed by atoms with E-state index in [0.717, 1.165) is 37.3 Å². The van der Waals surface area contributed by atoms with Gasteiger partial charge in [0.05, 0.1) is 12.6 Å². The van der Waals surface area contributed by atoms with Crippen LogP contribution in [0.4, 0.5) is 0 Å². The normalized spacial score (nSPS) is 20.5. The second kappa shape index (κ2) is 21.6. The molecule has 314 valence electrons. The number of nitrogens with zero attached hydrogens (tertiary/aromatic N) is 2. The van der Waals surface area contributed by atoms with E-state index in [0.29, 0.717) is 32.3 Å². The number of nitrogens with one attached hydrogen (secondary N) is 4. The maximum absolute atomic E-state index is 14.2. The van der Waals surface area contributed by atoms with Crippen LogP contribution in [0.2, 0.25) is 0 Å². The summed E-state index contributed by atoms with van der Waals surface area (Å²) < 4.78 is 5.43. The molecule has 0 radical (unpaired) electrons. The molecule has 2 heterocycles. The van der Waals surface area contributed by atoms with E-state index in [1.165, 1.54) is 0 Å². The molecule has 0 saturated carbocycles. The molecule has 12 nitrogen and oxygen atoms in total. The molecule has 0 aromatic heterocycles. The van der Waals surface area contributed by atoms with Gasteiger partial charge in [-0.05, 0) is 75.5 Å². The van der Waals surface area contributed by atoms with Gasteiger partial charge in [0.15, 0.2) is 5.78 Å². The lowest BCUT2D eigenvalue weighted by Crippen LogP contribution is -2.59. The fourth-order valence-corrected chi connectivity index (χ4v) is 7.43. The Morgan fingerprint density at radius 3 is 1.72 bits per heavy atom. The highest BCUT2D eigenvalue weighted by atomic mass is 16.6. The van der Waals surface area contributed by atoms with E-state index in [9.17, 15) is 24.0 Å². The van der Waals surface area contributed by atoms with E-state index < -0.39 is 47.5 Å². The van der Waals surface area contributed by atoms with E-state index in [1.54, 1.807) is 6.92 Å². The van der Waals surface area contributed by atoms with Crippen LogP contribution in [-0.2, 0) is 41.6 Å². The zero-order chi connectivity index (χ0) is 41.7. The van der Waals surface area contributed by atoms with Crippen molar-refractivity contribution >= 4 is 29.4 Å². The summed E-state index contributed by atoms with van der Waals surface area (Å²) in [5.41, 5.74) is 0.932. The Bertz CT molecular complexity index is 1610. The number of rotatable bonds is 22. The minimum atomic E-state index is -1.03. The fraction of sp³-hybridized carbons (Fsp3) is 0.622. The number of hydrogen-bond donors (Lipinski definition) is 4. The minimum Gasteiger partial charge on any atom is -0.361 e. The smallest absolute Gasteiger partial charge is 0.243 e. The standard InChI is InChI=1S/C45H68N6O6/c1-30(2)25-37(41(53)45(7)29-57-45)47-44(56)39(28-35-17-13-10-14-18-35)49-43(55)38(26-31(3)4)48-42(54)36(20-19-34-15-11-9-12-16-34)46-40(52)27-32(5)33(6)51-23-21-50(8)22-24-51/h9-18,30-33,36-39H,19-29H2,1-8H3,(H,46,52)(H,47,56)(H,48,54)(H,49,55)/t32?,33-,36+,37+,38+,39+,45-/m1/s1. The largest absolute Gasteiger partial charge is 0.361 e. The number of carbonyl (C=O) groups is 5. The predicted molar refractivity (Wildman–Crippen MR) is 223 cm³/mol. The highest BCUT2D eigenvalue weighted by Gasteiger charge is 2.50. The molecule has 4 amide bonds. The SMILES string of the molecule is CC(C)C[C@H](NC(=O)[C@H](CCc1ccccc1)NC(=O)CC(C)[C@@H](C)N1CCN(C)CC1)C(=O)N[C@@H](Cc1ccccc1)C(=O)N[C@@H](CC(C)C)C(=O)[C@@]1(C)CO1. The Kier molecular flexibility index (Phi) is 17.3. The van der Waals surface area contributed by atoms with Gasteiger partial charge in [-0.25, -0.2) is 0 Å². The number of aryl methyl sites for hydroxylation is 1. The van der Waals surface area contributed by atoms with Crippen LogP contribution in [0.25, 0.3) is 0 Å². The van der Waals surface area contributed by atoms with Gasteiger partial charge in [-0.2, -0.15) is 0 Å². The Labute approximate surface area is 340 Å². The van der Waals surface area contributed by atoms with Crippen LogP contribution in [-0.4, -0.2) is 115 Å². The molecule has 2 aromatic rings. The van der Waals surface area contributed by atoms with Crippen molar-refractivity contribution in [2.45, 2.75) is 123 Å². The zero-order valence-electron chi connectivity index (χ0n) is 35.5. The lowest BCUT2D eigenvalue weighted by molar-refractivity contribution is -0.135. The van der Waals surface area contributed by atoms with Crippen LogP contribution in [0.3, 0.4) is 0 Å². The van der Waals surface area contributed by atoms with Crippen LogP contribution in [0.5, 0.6) is 0 Å². The van der Waals surface area contributed by atoms with Crippen LogP contribution < -0.4 is 21.3 Å². The summed E-state index contributed by atoms with van der Waals surface area (Å²) in [5.74, 6) is -1.66. The molecule has 0 bridgehead atoms. The highest BCUT2D eigenvalue weighted by Crippen LogP contribution is 2.30. The first kappa shape index (κ1) is 45.6. The number of likely N-dealkylation sites (N-methyl/N-ethyl adjacent to an activating group) is 1. The van der Waals surface area contributed by atoms with Crippen LogP contribution in [0.15, 0.2) is 60.7 Å². The van der Waals surface area contributed by atoms with Crippen molar-refractivity contribution in [3.8, 4) is 0 Å². The third kappa shape index (κ3) is 14.6. The van der Waals surface area contributed by atoms with E-state index >= 15 is 0 Å². The average Bonchev–Trinajstić information content (AvgIpc) is 3.93. The van der Waals surface area contributed by atoms with Gasteiger partial charge in [0.25, 0.3) is 0 Å². The first-order chi connectivity index (χ1) is 27.0. The van der Waals surface area contributed by atoms with Gasteiger partial charge >= 0.3 is 0 Å². The summed E-state index contributed by atoms with van der Waals surface area (Å²) in [7, 11) is 2.12. The van der Waals surface area contributed by atoms with E-state index in [1.807, 2.05) is 88.4 Å². The average molecular weight is 789 g/mol. The summed E-state index contributed by atoms with van der Waals surface area (Å²) in [5, 5.41) is 11.9. The van der Waals surface area contributed by atoms with Crippen molar-refractivity contribution < 1.29 is 28.7 Å². The quantitative estimate of drug-likeness (QED) is 0.131. The Morgan fingerprint density at radius 2 is 1.16 bits per heavy atom. The monoisotopic (exact) mass is 789 g/mol. The molecule has 2 fully saturated rings. The first-order valence-corrected chi connectivity index (χ1v) is 20.9. The van der Waals surface area contributed by atoms with Gasteiger partial charge in [0.1, 0.15) is 23.7 Å². The molecule has 2 aromatic carbocycles. The number of carbonyl (C=O) groups excluding carboxylic acids is 5. The molecular weight excluding hydrogens is 721 g/mol. The number of ketones is 1. The number of Topliss-reactive ketones (excluding diaryl/α,β-unsaturated/α-hetero) is 1. The second-order valence-corrected chi connectivity index (χ2v) is 17.4. The molecule has 2 aliphatic rings. The lowest BCUT2D eigenvalue weighted by atomic mass is 9.93. The summed E-state index contributed by atoms with van der Waals surface area (Å²) in [6.45, 7) is 18.0. The molecule has 1 unspecified atom stereocenters. The molecule has 4 rings (SSSR count). The number of ether oxygens (including phenoxy) is 1. The lowest BCUT2D eigenvalue weighted by Gasteiger charge is -2.38. The number of amides is 4. The van der Waals surface area contributed by atoms with Crippen molar-refractivity contribution in [2.24, 2.45) is 17.8 Å². The van der Waals surface area contributed by atoms with E-state index in [2.05, 4.69) is 52.0 Å². The molecule has 2 saturated heterocycles. The Morgan fingerprint density at radius 1 is 0.667 bits per heavy atom. The van der Waals surface area contributed by atoms with Gasteiger partial charge in [-0.3, -0.25) is 28.9 Å². The summed E-state index contributed by atoms with van der Waals surface area (Å²) in [6, 6.07) is 15.7. The topological polar surface area (TPSA) is 152 Å². The first-order valence-electron chi connectivity index (χ1n) is 20.9. The number of piperazine rings is 1. The fourth-order valence-electron chi connectivity index (χ4n) is 7.43. The molecule has 4 N–H and O–H groups in total. The summed E-state index contributed by atoms with van der Waals surface area (Å²) in [6.07, 6.45) is 2.06. The molecule has 12 heteroatoms. The third-order valence-corrected chi connectivity index (χ3v) is 11.4. The molecular formula is C45H68N6O6. The van der Waals surface area contributed by atoms with Crippen LogP contribution >= 0.6 is 0 Å². The van der Waals surface area contributed by atoms with Gasteiger partial charge in [-0.15, -0.1) is 0 Å². The predicted octanol–water partition coefficient (Wildman–Crippen LogP) is 3.91. The molecule has 2 aliphatic heterocycles. The van der Waals surface area contributed by atoms with E-state index in [-0.39, 0.29) is 48.3 Å². The van der Waals surface area contributed by atoms with Crippen LogP contribution in [0.1, 0.15) is 85.3 Å². The molecule has 57 heavy (non-hydrogen) atoms. The zero-order valence-corrected chi connectivity index (χ0v) is 35.5. The van der Waals surface area contributed by atoms with Gasteiger partial charge in [-0.1, -0.05) is 95.3 Å². The number of epoxide rings is 1. The maximum Gasteiger partial charge on any atom is 0.243 e. The maximum atomic E-state index is 14.2. The van der Waals surface area contributed by atoms with Crippen LogP contribution in [0, 0.1) is 17.8 Å². The van der Waals surface area contributed by atoms with Gasteiger partial charge in [0.2, 0.25) is 23.6 Å². The molecule has 0 aliphatic carbocycles. The van der Waals surface area contributed by atoms with Crippen molar-refractivity contribution in [1.82, 2.24) is 31.1 Å².